The van der Waals surface area contributed by atoms with Gasteiger partial charge in [-0.1, -0.05) is 20.3 Å². The second-order valence-corrected chi connectivity index (χ2v) is 4.23. The molecule has 0 aromatic heterocycles. The van der Waals surface area contributed by atoms with E-state index in [1.54, 1.807) is 24.3 Å². The summed E-state index contributed by atoms with van der Waals surface area (Å²) in [6.45, 7) is 6.59. The molecule has 94 valence electrons. The summed E-state index contributed by atoms with van der Waals surface area (Å²) in [5.74, 6) is 0.984. The molecule has 1 rings (SSSR count). The molecule has 2 unspecified atom stereocenters. The normalized spacial score (nSPS) is 14.1. The molecule has 2 atom stereocenters. The zero-order valence-corrected chi connectivity index (χ0v) is 10.8. The molecule has 0 amide bonds. The number of carbonyl (C=O) groups excluding carboxylic acids is 1. The summed E-state index contributed by atoms with van der Waals surface area (Å²) in [6, 6.07) is 6.74. The fourth-order valence-corrected chi connectivity index (χ4v) is 1.59. The van der Waals surface area contributed by atoms with Crippen molar-refractivity contribution in [1.29, 1.82) is 0 Å². The van der Waals surface area contributed by atoms with Crippen LogP contribution < -0.4 is 10.5 Å². The molecule has 0 aliphatic rings. The standard InChI is InChI=1S/C14H21NO2/c1-4-10(3)13(15)14(16)11-6-8-12(9-7-11)17-5-2/h6-10,13H,4-5,15H2,1-3H3. The van der Waals surface area contributed by atoms with Crippen LogP contribution in [0.1, 0.15) is 37.6 Å². The fraction of sp³-hybridized carbons (Fsp3) is 0.500. The van der Waals surface area contributed by atoms with Gasteiger partial charge >= 0.3 is 0 Å². The molecule has 0 aliphatic carbocycles. The van der Waals surface area contributed by atoms with Gasteiger partial charge in [0, 0.05) is 5.56 Å². The largest absolute Gasteiger partial charge is 0.494 e. The van der Waals surface area contributed by atoms with Crippen molar-refractivity contribution < 1.29 is 9.53 Å². The Morgan fingerprint density at radius 1 is 1.29 bits per heavy atom. The van der Waals surface area contributed by atoms with Gasteiger partial charge < -0.3 is 10.5 Å². The van der Waals surface area contributed by atoms with E-state index in [0.717, 1.165) is 12.2 Å². The number of hydrogen-bond acceptors (Lipinski definition) is 3. The van der Waals surface area contributed by atoms with Gasteiger partial charge in [-0.15, -0.1) is 0 Å². The van der Waals surface area contributed by atoms with Gasteiger partial charge in [0.15, 0.2) is 5.78 Å². The van der Waals surface area contributed by atoms with E-state index in [9.17, 15) is 4.79 Å². The van der Waals surface area contributed by atoms with Crippen molar-refractivity contribution in [2.45, 2.75) is 33.2 Å². The Labute approximate surface area is 103 Å². The Morgan fingerprint density at radius 3 is 2.35 bits per heavy atom. The summed E-state index contributed by atoms with van der Waals surface area (Å²) in [7, 11) is 0. The van der Waals surface area contributed by atoms with E-state index in [4.69, 9.17) is 10.5 Å². The first-order chi connectivity index (χ1) is 8.10. The Hall–Kier alpha value is -1.35. The number of Topliss-reactive ketones (excluding diaryl/α,β-unsaturated/α-hetero) is 1. The third-order valence-corrected chi connectivity index (χ3v) is 3.01. The van der Waals surface area contributed by atoms with Crippen molar-refractivity contribution in [2.24, 2.45) is 11.7 Å². The van der Waals surface area contributed by atoms with Crippen LogP contribution in [0, 0.1) is 5.92 Å². The molecule has 17 heavy (non-hydrogen) atoms. The van der Waals surface area contributed by atoms with Crippen LogP contribution in [0.15, 0.2) is 24.3 Å². The number of rotatable bonds is 6. The summed E-state index contributed by atoms with van der Waals surface area (Å²) in [6.07, 6.45) is 0.907. The maximum Gasteiger partial charge on any atom is 0.179 e. The molecule has 3 heteroatoms. The predicted octanol–water partition coefficient (Wildman–Crippen LogP) is 2.64. The molecule has 0 fully saturated rings. The first-order valence-electron chi connectivity index (χ1n) is 6.12. The average molecular weight is 235 g/mol. The Morgan fingerprint density at radius 2 is 1.88 bits per heavy atom. The van der Waals surface area contributed by atoms with E-state index >= 15 is 0 Å². The van der Waals surface area contributed by atoms with Gasteiger partial charge in [-0.25, -0.2) is 0 Å². The summed E-state index contributed by atoms with van der Waals surface area (Å²) < 4.78 is 5.33. The minimum Gasteiger partial charge on any atom is -0.494 e. The smallest absolute Gasteiger partial charge is 0.179 e. The highest BCUT2D eigenvalue weighted by Crippen LogP contribution is 2.16. The molecule has 2 N–H and O–H groups in total. The van der Waals surface area contributed by atoms with E-state index < -0.39 is 6.04 Å². The number of ether oxygens (including phenoxy) is 1. The minimum absolute atomic E-state index is 0.00222. The number of hydrogen-bond donors (Lipinski definition) is 1. The van der Waals surface area contributed by atoms with Gasteiger partial charge in [0.05, 0.1) is 12.6 Å². The van der Waals surface area contributed by atoms with Gasteiger partial charge in [0.25, 0.3) is 0 Å². The van der Waals surface area contributed by atoms with Gasteiger partial charge in [-0.2, -0.15) is 0 Å². The van der Waals surface area contributed by atoms with Crippen molar-refractivity contribution in [2.75, 3.05) is 6.61 Å². The number of carbonyl (C=O) groups is 1. The molecule has 1 aromatic carbocycles. The lowest BCUT2D eigenvalue weighted by atomic mass is 9.93. The lowest BCUT2D eigenvalue weighted by Crippen LogP contribution is -2.36. The van der Waals surface area contributed by atoms with E-state index in [1.165, 1.54) is 0 Å². The Bertz CT molecular complexity index is 359. The van der Waals surface area contributed by atoms with Gasteiger partial charge in [-0.05, 0) is 37.1 Å². The second kappa shape index (κ2) is 6.40. The number of benzene rings is 1. The van der Waals surface area contributed by atoms with E-state index in [1.807, 2.05) is 20.8 Å². The highest BCUT2D eigenvalue weighted by molar-refractivity contribution is 6.00. The van der Waals surface area contributed by atoms with Crippen LogP contribution in [0.3, 0.4) is 0 Å². The minimum atomic E-state index is -0.419. The first-order valence-corrected chi connectivity index (χ1v) is 6.12. The predicted molar refractivity (Wildman–Crippen MR) is 69.4 cm³/mol. The second-order valence-electron chi connectivity index (χ2n) is 4.23. The lowest BCUT2D eigenvalue weighted by Gasteiger charge is -2.17. The van der Waals surface area contributed by atoms with Crippen LogP contribution in [0.4, 0.5) is 0 Å². The molecular formula is C14H21NO2. The average Bonchev–Trinajstić information content (AvgIpc) is 2.37. The monoisotopic (exact) mass is 235 g/mol. The molecule has 0 spiro atoms. The molecular weight excluding hydrogens is 214 g/mol. The molecule has 0 saturated heterocycles. The van der Waals surface area contributed by atoms with Crippen molar-refractivity contribution in [3.05, 3.63) is 29.8 Å². The lowest BCUT2D eigenvalue weighted by molar-refractivity contribution is 0.0935. The van der Waals surface area contributed by atoms with E-state index in [-0.39, 0.29) is 11.7 Å². The zero-order valence-electron chi connectivity index (χ0n) is 10.8. The first kappa shape index (κ1) is 13.7. The summed E-state index contributed by atoms with van der Waals surface area (Å²) >= 11 is 0. The summed E-state index contributed by atoms with van der Waals surface area (Å²) in [5.41, 5.74) is 6.57. The van der Waals surface area contributed by atoms with Crippen LogP contribution in [0.5, 0.6) is 5.75 Å². The Balaban J connectivity index is 2.75. The van der Waals surface area contributed by atoms with Crippen molar-refractivity contribution in [1.82, 2.24) is 0 Å². The van der Waals surface area contributed by atoms with Gasteiger partial charge in [0.2, 0.25) is 0 Å². The van der Waals surface area contributed by atoms with E-state index in [0.29, 0.717) is 12.2 Å². The third-order valence-electron chi connectivity index (χ3n) is 3.01. The highest BCUT2D eigenvalue weighted by atomic mass is 16.5. The maximum absolute atomic E-state index is 12.0. The molecule has 0 radical (unpaired) electrons. The quantitative estimate of drug-likeness (QED) is 0.771. The molecule has 0 saturated carbocycles. The fourth-order valence-electron chi connectivity index (χ4n) is 1.59. The number of ketones is 1. The van der Waals surface area contributed by atoms with Crippen LogP contribution in [-0.2, 0) is 0 Å². The van der Waals surface area contributed by atoms with Crippen LogP contribution in [0.2, 0.25) is 0 Å². The maximum atomic E-state index is 12.0. The van der Waals surface area contributed by atoms with E-state index in [2.05, 4.69) is 0 Å². The third kappa shape index (κ3) is 3.56. The van der Waals surface area contributed by atoms with Gasteiger partial charge in [0.1, 0.15) is 5.75 Å². The Kier molecular flexibility index (Phi) is 5.16. The highest BCUT2D eigenvalue weighted by Gasteiger charge is 2.20. The summed E-state index contributed by atoms with van der Waals surface area (Å²) in [5, 5.41) is 0. The SMILES string of the molecule is CCOc1ccc(C(=O)C(N)C(C)CC)cc1. The van der Waals surface area contributed by atoms with Crippen LogP contribution in [-0.4, -0.2) is 18.4 Å². The molecule has 3 nitrogen and oxygen atoms in total. The van der Waals surface area contributed by atoms with Crippen molar-refractivity contribution >= 4 is 5.78 Å². The number of nitrogens with two attached hydrogens (primary N) is 1. The molecule has 0 bridgehead atoms. The van der Waals surface area contributed by atoms with Crippen molar-refractivity contribution in [3.63, 3.8) is 0 Å². The van der Waals surface area contributed by atoms with Crippen molar-refractivity contribution in [3.8, 4) is 5.75 Å². The topological polar surface area (TPSA) is 52.3 Å². The van der Waals surface area contributed by atoms with Crippen LogP contribution in [0.25, 0.3) is 0 Å². The molecule has 0 aliphatic heterocycles. The van der Waals surface area contributed by atoms with Gasteiger partial charge in [-0.3, -0.25) is 4.79 Å². The zero-order chi connectivity index (χ0) is 12.8. The van der Waals surface area contributed by atoms with Crippen LogP contribution >= 0.6 is 0 Å². The molecule has 1 aromatic rings. The summed E-state index contributed by atoms with van der Waals surface area (Å²) in [4.78, 5) is 12.0. The molecule has 0 heterocycles.